The number of hydrogen-bond acceptors (Lipinski definition) is 4. The van der Waals surface area contributed by atoms with Crippen molar-refractivity contribution < 1.29 is 19.4 Å². The maximum absolute atomic E-state index is 12.3. The van der Waals surface area contributed by atoms with Crippen LogP contribution >= 0.6 is 0 Å². The maximum atomic E-state index is 12.3. The van der Waals surface area contributed by atoms with Gasteiger partial charge < -0.3 is 9.84 Å². The van der Waals surface area contributed by atoms with E-state index in [1.54, 1.807) is 38.1 Å². The van der Waals surface area contributed by atoms with Crippen molar-refractivity contribution in [1.82, 2.24) is 0 Å². The summed E-state index contributed by atoms with van der Waals surface area (Å²) in [5.41, 5.74) is 0.247. The highest BCUT2D eigenvalue weighted by Gasteiger charge is 2.57. The highest BCUT2D eigenvalue weighted by molar-refractivity contribution is 6.52. The number of carbonyl (C=O) groups is 2. The van der Waals surface area contributed by atoms with Crippen LogP contribution in [0.3, 0.4) is 0 Å². The molecule has 1 N–H and O–H groups in total. The molecule has 1 aliphatic heterocycles. The fraction of sp³-hybridized carbons (Fsp3) is 0.333. The number of ether oxygens (including phenoxy) is 1. The van der Waals surface area contributed by atoms with Crippen LogP contribution in [0.5, 0.6) is 0 Å². The minimum absolute atomic E-state index is 0.265. The van der Waals surface area contributed by atoms with Crippen LogP contribution in [0.15, 0.2) is 29.8 Å². The third-order valence-electron chi connectivity index (χ3n) is 4.16. The third-order valence-corrected chi connectivity index (χ3v) is 4.16. The fourth-order valence-corrected chi connectivity index (χ4v) is 2.58. The highest BCUT2D eigenvalue weighted by atomic mass is 16.6. The zero-order valence-corrected chi connectivity index (χ0v) is 11.0. The van der Waals surface area contributed by atoms with E-state index in [-0.39, 0.29) is 5.57 Å². The van der Waals surface area contributed by atoms with E-state index >= 15 is 0 Å². The van der Waals surface area contributed by atoms with E-state index in [2.05, 4.69) is 0 Å². The number of aliphatic hydroxyl groups is 1. The Balaban J connectivity index is 2.33. The Hall–Kier alpha value is -1.94. The maximum Gasteiger partial charge on any atom is 0.234 e. The van der Waals surface area contributed by atoms with E-state index < -0.39 is 22.8 Å². The van der Waals surface area contributed by atoms with Gasteiger partial charge in [-0.25, -0.2) is 0 Å². The number of carbonyl (C=O) groups excluding carboxylic acids is 2. The molecule has 2 aliphatic rings. The average molecular weight is 258 g/mol. The molecule has 0 saturated heterocycles. The first-order valence-corrected chi connectivity index (χ1v) is 6.12. The van der Waals surface area contributed by atoms with Crippen molar-refractivity contribution in [3.05, 3.63) is 41.0 Å². The van der Waals surface area contributed by atoms with Gasteiger partial charge >= 0.3 is 0 Å². The second kappa shape index (κ2) is 3.33. The molecular weight excluding hydrogens is 244 g/mol. The molecule has 0 saturated carbocycles. The molecule has 1 aromatic carbocycles. The lowest BCUT2D eigenvalue weighted by molar-refractivity contribution is -0.185. The smallest absolute Gasteiger partial charge is 0.234 e. The molecule has 98 valence electrons. The lowest BCUT2D eigenvalue weighted by Gasteiger charge is -2.32. The minimum Gasteiger partial charge on any atom is -0.461 e. The van der Waals surface area contributed by atoms with E-state index in [1.165, 1.54) is 6.92 Å². The topological polar surface area (TPSA) is 63.6 Å². The van der Waals surface area contributed by atoms with Gasteiger partial charge in [0.2, 0.25) is 17.4 Å². The van der Waals surface area contributed by atoms with E-state index in [4.69, 9.17) is 4.74 Å². The number of fused-ring (bicyclic) bond motifs is 2. The van der Waals surface area contributed by atoms with Crippen LogP contribution in [0.4, 0.5) is 0 Å². The van der Waals surface area contributed by atoms with Crippen LogP contribution < -0.4 is 0 Å². The Labute approximate surface area is 110 Å². The lowest BCUT2D eigenvalue weighted by atomic mass is 9.73. The van der Waals surface area contributed by atoms with Gasteiger partial charge in [0, 0.05) is 18.1 Å². The number of ketones is 2. The van der Waals surface area contributed by atoms with Crippen LogP contribution in [0.1, 0.15) is 36.7 Å². The van der Waals surface area contributed by atoms with E-state index in [1.807, 2.05) is 0 Å². The zero-order valence-electron chi connectivity index (χ0n) is 11.0. The molecule has 1 aliphatic carbocycles. The molecule has 1 aromatic rings. The largest absolute Gasteiger partial charge is 0.461 e. The lowest BCUT2D eigenvalue weighted by Crippen LogP contribution is -2.42. The number of hydrogen-bond donors (Lipinski definition) is 1. The number of Topliss-reactive ketones (excluding diaryl/α,β-unsaturated/α-hetero) is 2. The molecule has 19 heavy (non-hydrogen) atoms. The van der Waals surface area contributed by atoms with Gasteiger partial charge in [0.1, 0.15) is 5.76 Å². The zero-order chi connectivity index (χ0) is 14.0. The Bertz CT molecular complexity index is 650. The van der Waals surface area contributed by atoms with Crippen LogP contribution in [0.2, 0.25) is 0 Å². The molecule has 0 bridgehead atoms. The van der Waals surface area contributed by atoms with E-state index in [0.29, 0.717) is 16.9 Å². The molecule has 3 rings (SSSR count). The van der Waals surface area contributed by atoms with Crippen LogP contribution in [-0.2, 0) is 9.53 Å². The van der Waals surface area contributed by atoms with E-state index in [0.717, 1.165) is 0 Å². The molecule has 4 nitrogen and oxygen atoms in total. The van der Waals surface area contributed by atoms with Gasteiger partial charge in [-0.15, -0.1) is 0 Å². The Morgan fingerprint density at radius 1 is 1.00 bits per heavy atom. The SMILES string of the molecule is CC1(O)OC2=C(C(=O)C(=O)c3ccccc32)C1(C)C. The van der Waals surface area contributed by atoms with Gasteiger partial charge in [-0.05, 0) is 13.8 Å². The first kappa shape index (κ1) is 12.1. The molecule has 0 spiro atoms. The van der Waals surface area contributed by atoms with Crippen LogP contribution in [0, 0.1) is 5.41 Å². The van der Waals surface area contributed by atoms with Gasteiger partial charge in [-0.3, -0.25) is 9.59 Å². The number of rotatable bonds is 0. The van der Waals surface area contributed by atoms with Crippen molar-refractivity contribution in [3.63, 3.8) is 0 Å². The molecule has 1 heterocycles. The standard InChI is InChI=1S/C15H14O4/c1-14(2)10-12(17)11(16)8-6-4-5-7-9(8)13(10)19-15(14,3)18/h4-7,18H,1-3H3. The van der Waals surface area contributed by atoms with Crippen LogP contribution in [-0.4, -0.2) is 22.5 Å². The van der Waals surface area contributed by atoms with Crippen molar-refractivity contribution in [2.45, 2.75) is 26.6 Å². The monoisotopic (exact) mass is 258 g/mol. The normalized spacial score (nSPS) is 28.0. The fourth-order valence-electron chi connectivity index (χ4n) is 2.58. The molecule has 4 heteroatoms. The Morgan fingerprint density at radius 2 is 1.58 bits per heavy atom. The minimum atomic E-state index is -1.51. The summed E-state index contributed by atoms with van der Waals surface area (Å²) in [6, 6.07) is 6.80. The summed E-state index contributed by atoms with van der Waals surface area (Å²) in [7, 11) is 0. The first-order valence-electron chi connectivity index (χ1n) is 6.12. The summed E-state index contributed by atoms with van der Waals surface area (Å²) < 4.78 is 5.58. The number of benzene rings is 1. The van der Waals surface area contributed by atoms with Crippen molar-refractivity contribution >= 4 is 17.3 Å². The van der Waals surface area contributed by atoms with Crippen LogP contribution in [0.25, 0.3) is 5.76 Å². The first-order chi connectivity index (χ1) is 8.77. The van der Waals surface area contributed by atoms with Crippen molar-refractivity contribution in [2.24, 2.45) is 5.41 Å². The van der Waals surface area contributed by atoms with Crippen molar-refractivity contribution in [2.75, 3.05) is 0 Å². The van der Waals surface area contributed by atoms with Crippen molar-refractivity contribution in [1.29, 1.82) is 0 Å². The summed E-state index contributed by atoms with van der Waals surface area (Å²) in [6.07, 6.45) is 0. The summed E-state index contributed by atoms with van der Waals surface area (Å²) >= 11 is 0. The predicted octanol–water partition coefficient (Wildman–Crippen LogP) is 1.93. The van der Waals surface area contributed by atoms with Gasteiger partial charge in [0.15, 0.2) is 0 Å². The van der Waals surface area contributed by atoms with Gasteiger partial charge in [-0.2, -0.15) is 0 Å². The molecule has 1 unspecified atom stereocenters. The second-order valence-electron chi connectivity index (χ2n) is 5.62. The molecule has 0 radical (unpaired) electrons. The van der Waals surface area contributed by atoms with Gasteiger partial charge in [0.25, 0.3) is 0 Å². The predicted molar refractivity (Wildman–Crippen MR) is 68.2 cm³/mol. The Morgan fingerprint density at radius 3 is 2.21 bits per heavy atom. The van der Waals surface area contributed by atoms with Gasteiger partial charge in [-0.1, -0.05) is 24.3 Å². The molecular formula is C15H14O4. The van der Waals surface area contributed by atoms with Crippen molar-refractivity contribution in [3.8, 4) is 0 Å². The molecule has 0 amide bonds. The summed E-state index contributed by atoms with van der Waals surface area (Å²) in [5, 5.41) is 10.4. The molecule has 1 atom stereocenters. The summed E-state index contributed by atoms with van der Waals surface area (Å²) in [6.45, 7) is 4.91. The summed E-state index contributed by atoms with van der Waals surface area (Å²) in [4.78, 5) is 24.4. The quantitative estimate of drug-likeness (QED) is 0.722. The third kappa shape index (κ3) is 1.32. The van der Waals surface area contributed by atoms with Gasteiger partial charge in [0.05, 0.1) is 11.0 Å². The average Bonchev–Trinajstić information content (AvgIpc) is 2.53. The highest BCUT2D eigenvalue weighted by Crippen LogP contribution is 2.53. The van der Waals surface area contributed by atoms with E-state index in [9.17, 15) is 14.7 Å². The summed E-state index contributed by atoms with van der Waals surface area (Å²) in [5.74, 6) is -2.30. The second-order valence-corrected chi connectivity index (χ2v) is 5.62. The molecule has 0 aromatic heterocycles. The molecule has 0 fully saturated rings. The Kier molecular flexibility index (Phi) is 2.12.